The average Bonchev–Trinajstić information content (AvgIpc) is 3.00. The van der Waals surface area contributed by atoms with Crippen molar-refractivity contribution in [2.24, 2.45) is 0 Å². The third kappa shape index (κ3) is 2.69. The number of amides is 1. The molecule has 1 amide bonds. The summed E-state index contributed by atoms with van der Waals surface area (Å²) in [6.07, 6.45) is 1.94. The van der Waals surface area contributed by atoms with Crippen LogP contribution in [0.3, 0.4) is 0 Å². The van der Waals surface area contributed by atoms with E-state index in [1.54, 1.807) is 6.26 Å². The van der Waals surface area contributed by atoms with Gasteiger partial charge in [0.1, 0.15) is 5.58 Å². The van der Waals surface area contributed by atoms with E-state index in [2.05, 4.69) is 33.4 Å². The van der Waals surface area contributed by atoms with Crippen LogP contribution in [0.25, 0.3) is 21.7 Å². The van der Waals surface area contributed by atoms with Crippen LogP contribution < -0.4 is 5.32 Å². The average molecular weight is 380 g/mol. The number of carbonyl (C=O) groups is 1. The van der Waals surface area contributed by atoms with Crippen molar-refractivity contribution >= 4 is 49.3 Å². The number of carbonyl (C=O) groups excluding carboxylic acids is 1. The van der Waals surface area contributed by atoms with Gasteiger partial charge in [-0.3, -0.25) is 4.79 Å². The van der Waals surface area contributed by atoms with Gasteiger partial charge >= 0.3 is 0 Å². The van der Waals surface area contributed by atoms with Gasteiger partial charge in [0.2, 0.25) is 5.91 Å². The summed E-state index contributed by atoms with van der Waals surface area (Å²) < 4.78 is 6.50. The Bertz CT molecular complexity index is 1050. The van der Waals surface area contributed by atoms with Gasteiger partial charge in [-0.2, -0.15) is 0 Å². The predicted molar refractivity (Wildman–Crippen MR) is 100 cm³/mol. The molecular weight excluding hydrogens is 366 g/mol. The van der Waals surface area contributed by atoms with Crippen LogP contribution in [0.1, 0.15) is 5.56 Å². The summed E-state index contributed by atoms with van der Waals surface area (Å²) in [5.41, 5.74) is 2.46. The number of para-hydroxylation sites is 1. The molecule has 4 rings (SSSR count). The summed E-state index contributed by atoms with van der Waals surface area (Å²) in [6, 6.07) is 19.7. The maximum absolute atomic E-state index is 12.4. The second-order valence-corrected chi connectivity index (χ2v) is 6.48. The zero-order chi connectivity index (χ0) is 16.5. The highest BCUT2D eigenvalue weighted by molar-refractivity contribution is 9.10. The molecular formula is C20H14BrNO2. The van der Waals surface area contributed by atoms with E-state index in [1.165, 1.54) is 0 Å². The number of hydrogen-bond acceptors (Lipinski definition) is 2. The fourth-order valence-corrected chi connectivity index (χ4v) is 3.32. The smallest absolute Gasteiger partial charge is 0.228 e. The van der Waals surface area contributed by atoms with Gasteiger partial charge in [0.25, 0.3) is 0 Å². The van der Waals surface area contributed by atoms with Crippen molar-refractivity contribution < 1.29 is 9.21 Å². The van der Waals surface area contributed by atoms with Crippen LogP contribution in [-0.2, 0) is 11.2 Å². The van der Waals surface area contributed by atoms with Crippen LogP contribution in [0.5, 0.6) is 0 Å². The number of benzene rings is 3. The van der Waals surface area contributed by atoms with Crippen molar-refractivity contribution in [3.05, 3.63) is 77.0 Å². The Balaban J connectivity index is 1.68. The highest BCUT2D eigenvalue weighted by Crippen LogP contribution is 2.30. The van der Waals surface area contributed by atoms with E-state index in [0.29, 0.717) is 0 Å². The first-order valence-corrected chi connectivity index (χ1v) is 8.44. The maximum Gasteiger partial charge on any atom is 0.228 e. The van der Waals surface area contributed by atoms with Crippen molar-refractivity contribution in [2.45, 2.75) is 6.42 Å². The molecule has 3 aromatic carbocycles. The van der Waals surface area contributed by atoms with Gasteiger partial charge < -0.3 is 9.73 Å². The van der Waals surface area contributed by atoms with Gasteiger partial charge in [0, 0.05) is 15.4 Å². The zero-order valence-corrected chi connectivity index (χ0v) is 14.3. The Morgan fingerprint density at radius 2 is 1.79 bits per heavy atom. The number of furan rings is 1. The van der Waals surface area contributed by atoms with Crippen molar-refractivity contribution in [1.29, 1.82) is 0 Å². The lowest BCUT2D eigenvalue weighted by Gasteiger charge is -2.07. The second kappa shape index (κ2) is 6.13. The molecule has 0 radical (unpaired) electrons. The largest absolute Gasteiger partial charge is 0.464 e. The molecule has 0 unspecified atom stereocenters. The highest BCUT2D eigenvalue weighted by Gasteiger charge is 2.13. The molecule has 118 valence electrons. The molecule has 0 saturated carbocycles. The Morgan fingerprint density at radius 3 is 2.67 bits per heavy atom. The Kier molecular flexibility index (Phi) is 3.82. The second-order valence-electron chi connectivity index (χ2n) is 5.63. The molecule has 3 nitrogen and oxygen atoms in total. The van der Waals surface area contributed by atoms with Crippen LogP contribution in [-0.4, -0.2) is 5.91 Å². The quantitative estimate of drug-likeness (QED) is 0.508. The molecule has 4 aromatic rings. The highest BCUT2D eigenvalue weighted by atomic mass is 79.9. The minimum Gasteiger partial charge on any atom is -0.464 e. The molecule has 0 atom stereocenters. The lowest BCUT2D eigenvalue weighted by atomic mass is 10.0. The van der Waals surface area contributed by atoms with E-state index in [9.17, 15) is 4.79 Å². The van der Waals surface area contributed by atoms with Gasteiger partial charge in [0.05, 0.1) is 18.4 Å². The number of halogens is 1. The maximum atomic E-state index is 12.4. The van der Waals surface area contributed by atoms with Crippen LogP contribution in [0.15, 0.2) is 75.8 Å². The van der Waals surface area contributed by atoms with Crippen molar-refractivity contribution in [1.82, 2.24) is 0 Å². The lowest BCUT2D eigenvalue weighted by molar-refractivity contribution is -0.115. The van der Waals surface area contributed by atoms with Crippen LogP contribution in [0, 0.1) is 0 Å². The fourth-order valence-electron chi connectivity index (χ4n) is 2.93. The third-order valence-electron chi connectivity index (χ3n) is 4.04. The van der Waals surface area contributed by atoms with E-state index in [-0.39, 0.29) is 12.3 Å². The SMILES string of the molecule is O=C(Cc1coc2ccc3ccccc3c12)Nc1ccccc1Br. The first-order chi connectivity index (χ1) is 11.7. The Hall–Kier alpha value is -2.59. The van der Waals surface area contributed by atoms with Crippen molar-refractivity contribution in [3.8, 4) is 0 Å². The molecule has 24 heavy (non-hydrogen) atoms. The molecule has 0 aliphatic carbocycles. The van der Waals surface area contributed by atoms with Gasteiger partial charge in [0.15, 0.2) is 0 Å². The van der Waals surface area contributed by atoms with E-state index < -0.39 is 0 Å². The number of nitrogens with one attached hydrogen (secondary N) is 1. The zero-order valence-electron chi connectivity index (χ0n) is 12.8. The molecule has 0 bridgehead atoms. The molecule has 0 saturated heterocycles. The molecule has 1 aromatic heterocycles. The third-order valence-corrected chi connectivity index (χ3v) is 4.73. The topological polar surface area (TPSA) is 42.2 Å². The van der Waals surface area contributed by atoms with E-state index >= 15 is 0 Å². The minimum atomic E-state index is -0.0717. The monoisotopic (exact) mass is 379 g/mol. The first kappa shape index (κ1) is 15.0. The Labute approximate surface area is 147 Å². The number of rotatable bonds is 3. The Morgan fingerprint density at radius 1 is 1.00 bits per heavy atom. The fraction of sp³-hybridized carbons (Fsp3) is 0.0500. The van der Waals surface area contributed by atoms with E-state index in [0.717, 1.165) is 37.5 Å². The summed E-state index contributed by atoms with van der Waals surface area (Å²) in [5.74, 6) is -0.0717. The predicted octanol–water partition coefficient (Wildman–Crippen LogP) is 5.53. The summed E-state index contributed by atoms with van der Waals surface area (Å²) in [5, 5.41) is 6.19. The summed E-state index contributed by atoms with van der Waals surface area (Å²) in [4.78, 5) is 12.4. The summed E-state index contributed by atoms with van der Waals surface area (Å²) in [7, 11) is 0. The summed E-state index contributed by atoms with van der Waals surface area (Å²) in [6.45, 7) is 0. The molecule has 0 spiro atoms. The lowest BCUT2D eigenvalue weighted by Crippen LogP contribution is -2.14. The van der Waals surface area contributed by atoms with Gasteiger partial charge in [-0.1, -0.05) is 42.5 Å². The number of anilines is 1. The van der Waals surface area contributed by atoms with E-state index in [1.807, 2.05) is 48.5 Å². The van der Waals surface area contributed by atoms with Crippen LogP contribution in [0.4, 0.5) is 5.69 Å². The molecule has 0 fully saturated rings. The van der Waals surface area contributed by atoms with E-state index in [4.69, 9.17) is 4.42 Å². The van der Waals surface area contributed by atoms with Crippen LogP contribution in [0.2, 0.25) is 0 Å². The van der Waals surface area contributed by atoms with Crippen molar-refractivity contribution in [3.63, 3.8) is 0 Å². The molecule has 0 aliphatic heterocycles. The number of fused-ring (bicyclic) bond motifs is 3. The molecule has 4 heteroatoms. The van der Waals surface area contributed by atoms with Gasteiger partial charge in [-0.05, 0) is 44.9 Å². The van der Waals surface area contributed by atoms with Gasteiger partial charge in [-0.15, -0.1) is 0 Å². The first-order valence-electron chi connectivity index (χ1n) is 7.64. The normalized spacial score (nSPS) is 11.0. The molecule has 1 N–H and O–H groups in total. The number of hydrogen-bond donors (Lipinski definition) is 1. The standard InChI is InChI=1S/C20H14BrNO2/c21-16-7-3-4-8-17(16)22-19(23)11-14-12-24-18-10-9-13-5-1-2-6-15(13)20(14)18/h1-10,12H,11H2,(H,22,23). The minimum absolute atomic E-state index is 0.0717. The molecule has 1 heterocycles. The molecule has 0 aliphatic rings. The summed E-state index contributed by atoms with van der Waals surface area (Å²) >= 11 is 3.44. The van der Waals surface area contributed by atoms with Gasteiger partial charge in [-0.25, -0.2) is 0 Å². The van der Waals surface area contributed by atoms with Crippen molar-refractivity contribution in [2.75, 3.05) is 5.32 Å². The van der Waals surface area contributed by atoms with Crippen LogP contribution >= 0.6 is 15.9 Å².